The largest absolute Gasteiger partial charge is 0.322 e. The Morgan fingerprint density at radius 1 is 0.667 bits per heavy atom. The Morgan fingerprint density at radius 3 is 1.81 bits per heavy atom. The molecule has 0 spiro atoms. The second-order valence-electron chi connectivity index (χ2n) is 17.5. The van der Waals surface area contributed by atoms with Gasteiger partial charge in [0.2, 0.25) is 0 Å². The fraction of sp³-hybridized carbons (Fsp3) is 0.500. The van der Waals surface area contributed by atoms with Gasteiger partial charge >= 0.3 is 12.1 Å². The van der Waals surface area contributed by atoms with Gasteiger partial charge in [-0.2, -0.15) is 0 Å². The smallest absolute Gasteiger partial charge is 0.318 e. The van der Waals surface area contributed by atoms with Crippen LogP contribution in [-0.4, -0.2) is 66.0 Å². The molecule has 2 saturated carbocycles. The fourth-order valence-electron chi connectivity index (χ4n) is 10.2. The number of hydrogen-bond donors (Lipinski definition) is 2. The second-order valence-corrected chi connectivity index (χ2v) is 17.5. The number of nitrogens with zero attached hydrogens (tertiary/aromatic N) is 6. The van der Waals surface area contributed by atoms with Crippen molar-refractivity contribution in [2.75, 3.05) is 10.6 Å². The number of benzene rings is 2. The first kappa shape index (κ1) is 33.7. The summed E-state index contributed by atoms with van der Waals surface area (Å²) in [5.74, 6) is 4.07. The third-order valence-electron chi connectivity index (χ3n) is 13.3. The molecule has 2 N–H and O–H groups in total. The molecule has 10 nitrogen and oxygen atoms in total. The average molecular weight is 723 g/mol. The Bertz CT molecular complexity index is 2110. The maximum atomic E-state index is 13.4. The highest BCUT2D eigenvalue weighted by atomic mass is 16.2. The highest BCUT2D eigenvalue weighted by molar-refractivity contribution is 5.92. The molecule has 6 aliphatic rings. The number of rotatable bonds is 8. The zero-order valence-electron chi connectivity index (χ0n) is 31.5. The van der Waals surface area contributed by atoms with E-state index in [2.05, 4.69) is 48.4 Å². The molecule has 10 heteroatoms. The van der Waals surface area contributed by atoms with Crippen LogP contribution in [0.3, 0.4) is 0 Å². The van der Waals surface area contributed by atoms with Crippen molar-refractivity contribution in [1.82, 2.24) is 29.7 Å². The van der Waals surface area contributed by atoms with E-state index in [-0.39, 0.29) is 12.1 Å². The van der Waals surface area contributed by atoms with Gasteiger partial charge in [0.25, 0.3) is 0 Å². The Balaban J connectivity index is 0.859. The van der Waals surface area contributed by atoms with Crippen molar-refractivity contribution in [3.8, 4) is 22.8 Å². The van der Waals surface area contributed by atoms with Crippen molar-refractivity contribution >= 4 is 23.4 Å². The number of carbonyl (C=O) groups is 2. The van der Waals surface area contributed by atoms with Crippen molar-refractivity contribution in [3.63, 3.8) is 0 Å². The number of carbonyl (C=O) groups excluding carboxylic acids is 2. The Kier molecular flexibility index (Phi) is 8.21. The van der Waals surface area contributed by atoms with E-state index < -0.39 is 0 Å². The van der Waals surface area contributed by atoms with Crippen LogP contribution >= 0.6 is 0 Å². The summed E-state index contributed by atoms with van der Waals surface area (Å²) in [7, 11) is 0. The minimum atomic E-state index is 0.000929. The number of urea groups is 2. The first-order valence-electron chi connectivity index (χ1n) is 20.3. The van der Waals surface area contributed by atoms with E-state index >= 15 is 0 Å². The average Bonchev–Trinajstić information content (AvgIpc) is 4.09. The van der Waals surface area contributed by atoms with Gasteiger partial charge in [-0.25, -0.2) is 29.5 Å². The molecule has 6 heterocycles. The van der Waals surface area contributed by atoms with Crippen molar-refractivity contribution in [3.05, 3.63) is 83.4 Å². The molecule has 4 saturated heterocycles. The predicted molar refractivity (Wildman–Crippen MR) is 209 cm³/mol. The Hall–Kier alpha value is -4.86. The van der Waals surface area contributed by atoms with Crippen LogP contribution < -0.4 is 10.6 Å². The number of nitrogens with one attached hydrogen (secondary N) is 2. The third kappa shape index (κ3) is 6.31. The SMILES string of the molecule is Cc1ccc(NC(=O)N2C3CC(C)CC2C3)cc1-c1nccc(C2CC2Cc2ccc(NC(=O)N3C4CC(C)CC3C4)cc2-c2nccc(C3CC3)n2)n1. The van der Waals surface area contributed by atoms with E-state index in [1.807, 2.05) is 53.7 Å². The van der Waals surface area contributed by atoms with Crippen molar-refractivity contribution in [2.24, 2.45) is 17.8 Å². The fourth-order valence-corrected chi connectivity index (χ4v) is 10.2. The maximum absolute atomic E-state index is 13.4. The number of aromatic nitrogens is 4. The third-order valence-corrected chi connectivity index (χ3v) is 13.3. The van der Waals surface area contributed by atoms with Crippen molar-refractivity contribution in [2.45, 2.75) is 121 Å². The minimum Gasteiger partial charge on any atom is -0.318 e. The van der Waals surface area contributed by atoms with Gasteiger partial charge in [0.05, 0.1) is 0 Å². The molecular weight excluding hydrogens is 673 g/mol. The van der Waals surface area contributed by atoms with E-state index in [4.69, 9.17) is 19.9 Å². The van der Waals surface area contributed by atoms with Crippen LogP contribution in [0, 0.1) is 24.7 Å². The monoisotopic (exact) mass is 722 g/mol. The van der Waals surface area contributed by atoms with Gasteiger partial charge in [0, 0.05) is 82.3 Å². The number of piperidine rings is 2. The predicted octanol–water partition coefficient (Wildman–Crippen LogP) is 8.94. The quantitative estimate of drug-likeness (QED) is 0.188. The summed E-state index contributed by atoms with van der Waals surface area (Å²) < 4.78 is 0. The first-order chi connectivity index (χ1) is 26.2. The molecule has 2 aromatic carbocycles. The highest BCUT2D eigenvalue weighted by Crippen LogP contribution is 2.50. The Labute approximate surface area is 317 Å². The summed E-state index contributed by atoms with van der Waals surface area (Å²) in [6.45, 7) is 6.66. The van der Waals surface area contributed by atoms with Crippen LogP contribution in [0.15, 0.2) is 60.9 Å². The number of anilines is 2. The molecular formula is C44H50N8O2. The summed E-state index contributed by atoms with van der Waals surface area (Å²) in [5, 5.41) is 6.40. The van der Waals surface area contributed by atoms with E-state index in [0.29, 0.717) is 59.6 Å². The van der Waals surface area contributed by atoms with Gasteiger partial charge in [-0.15, -0.1) is 0 Å². The molecule has 6 unspecified atom stereocenters. The highest BCUT2D eigenvalue weighted by Gasteiger charge is 2.48. The lowest BCUT2D eigenvalue weighted by atomic mass is 9.74. The molecule has 278 valence electrons. The molecule has 2 aromatic heterocycles. The molecule has 2 aliphatic carbocycles. The summed E-state index contributed by atoms with van der Waals surface area (Å²) >= 11 is 0. The zero-order valence-corrected chi connectivity index (χ0v) is 31.5. The van der Waals surface area contributed by atoms with Gasteiger partial charge in [-0.1, -0.05) is 26.0 Å². The van der Waals surface area contributed by atoms with Crippen LogP contribution in [0.1, 0.15) is 106 Å². The molecule has 10 rings (SSSR count). The number of aryl methyl sites for hydroxylation is 1. The van der Waals surface area contributed by atoms with Crippen molar-refractivity contribution < 1.29 is 9.59 Å². The minimum absolute atomic E-state index is 0.000929. The lowest BCUT2D eigenvalue weighted by molar-refractivity contribution is -0.00633. The topological polar surface area (TPSA) is 116 Å². The van der Waals surface area contributed by atoms with Gasteiger partial charge in [0.15, 0.2) is 11.6 Å². The standard InChI is InChI=1S/C44H50N8O2/c1-24-14-32-22-33(15-24)51(32)43(53)47-30-8-4-26(3)36(20-30)41-45-13-11-40(50-41)37-19-29(37)18-28-7-9-31(48-44(54)52-34-16-25(2)17-35(52)23-34)21-38(28)42-46-12-10-39(49-42)27-5-6-27/h4,7-13,20-21,24-25,27,29,32-35,37H,5-6,14-19,22-23H2,1-3H3,(H,47,53)(H,48,54). The van der Waals surface area contributed by atoms with Crippen LogP contribution in [0.5, 0.6) is 0 Å². The van der Waals surface area contributed by atoms with Crippen LogP contribution in [0.4, 0.5) is 21.0 Å². The van der Waals surface area contributed by atoms with Gasteiger partial charge in [-0.05, 0) is 136 Å². The summed E-state index contributed by atoms with van der Waals surface area (Å²) in [6, 6.07) is 17.9. The molecule has 6 fully saturated rings. The summed E-state index contributed by atoms with van der Waals surface area (Å²) in [4.78, 5) is 50.4. The lowest BCUT2D eigenvalue weighted by Crippen LogP contribution is -2.63. The molecule has 4 aromatic rings. The molecule has 54 heavy (non-hydrogen) atoms. The van der Waals surface area contributed by atoms with E-state index in [1.165, 1.54) is 18.4 Å². The van der Waals surface area contributed by atoms with E-state index in [0.717, 1.165) is 96.6 Å². The maximum Gasteiger partial charge on any atom is 0.322 e. The van der Waals surface area contributed by atoms with Crippen LogP contribution in [0.25, 0.3) is 22.8 Å². The van der Waals surface area contributed by atoms with Crippen molar-refractivity contribution in [1.29, 1.82) is 0 Å². The molecule has 4 bridgehead atoms. The molecule has 4 aliphatic heterocycles. The van der Waals surface area contributed by atoms with Crippen LogP contribution in [0.2, 0.25) is 0 Å². The summed E-state index contributed by atoms with van der Waals surface area (Å²) in [5.41, 5.74) is 7.92. The first-order valence-corrected chi connectivity index (χ1v) is 20.3. The van der Waals surface area contributed by atoms with E-state index in [9.17, 15) is 9.59 Å². The second kappa shape index (κ2) is 13.2. The Morgan fingerprint density at radius 2 is 1.20 bits per heavy atom. The zero-order chi connectivity index (χ0) is 36.7. The number of hydrogen-bond acceptors (Lipinski definition) is 6. The summed E-state index contributed by atoms with van der Waals surface area (Å²) in [6.07, 6.45) is 14.7. The van der Waals surface area contributed by atoms with E-state index in [1.54, 1.807) is 0 Å². The number of fused-ring (bicyclic) bond motifs is 4. The van der Waals surface area contributed by atoms with Gasteiger partial charge in [-0.3, -0.25) is 0 Å². The van der Waals surface area contributed by atoms with Gasteiger partial charge in [0.1, 0.15) is 0 Å². The molecule has 0 radical (unpaired) electrons. The van der Waals surface area contributed by atoms with Gasteiger partial charge < -0.3 is 20.4 Å². The molecule has 6 atom stereocenters. The normalized spacial score (nSPS) is 29.2. The molecule has 4 amide bonds. The lowest BCUT2D eigenvalue weighted by Gasteiger charge is -2.54. The number of amides is 4. The van der Waals surface area contributed by atoms with Crippen LogP contribution in [-0.2, 0) is 6.42 Å².